The fraction of sp³-hybridized carbons (Fsp3) is 0.235. The van der Waals surface area contributed by atoms with Crippen LogP contribution in [0, 0.1) is 11.3 Å². The van der Waals surface area contributed by atoms with E-state index in [2.05, 4.69) is 36.1 Å². The molecular formula is C17H16N8. The lowest BCUT2D eigenvalue weighted by Crippen LogP contribution is -2.47. The summed E-state index contributed by atoms with van der Waals surface area (Å²) >= 11 is 0. The van der Waals surface area contributed by atoms with Crippen LogP contribution in [0.1, 0.15) is 5.69 Å². The topological polar surface area (TPSA) is 86.8 Å². The molecule has 1 aliphatic rings. The second kappa shape index (κ2) is 6.57. The van der Waals surface area contributed by atoms with Crippen molar-refractivity contribution < 1.29 is 0 Å². The number of nitrogens with zero attached hydrogens (tertiary/aromatic N) is 8. The van der Waals surface area contributed by atoms with Crippen molar-refractivity contribution in [3.05, 3.63) is 54.6 Å². The number of aromatic nitrogens is 5. The van der Waals surface area contributed by atoms with Gasteiger partial charge in [-0.15, -0.1) is 10.2 Å². The molecule has 3 aromatic rings. The highest BCUT2D eigenvalue weighted by molar-refractivity contribution is 5.57. The summed E-state index contributed by atoms with van der Waals surface area (Å²) in [6.45, 7) is 3.25. The van der Waals surface area contributed by atoms with Gasteiger partial charge in [0.1, 0.15) is 6.07 Å². The highest BCUT2D eigenvalue weighted by Gasteiger charge is 2.20. The SMILES string of the molecule is N#Cc1ncccc1N1CCN(c2ccc(-n3cccn3)nn2)CC1. The molecule has 1 aliphatic heterocycles. The van der Waals surface area contributed by atoms with E-state index in [1.807, 2.05) is 36.5 Å². The molecule has 0 amide bonds. The van der Waals surface area contributed by atoms with E-state index in [4.69, 9.17) is 0 Å². The molecule has 0 radical (unpaired) electrons. The van der Waals surface area contributed by atoms with E-state index in [9.17, 15) is 5.26 Å². The quantitative estimate of drug-likeness (QED) is 0.713. The standard InChI is InChI=1S/C17H16N8/c18-13-14-15(3-1-6-19-14)23-9-11-24(12-10-23)16-4-5-17(22-21-16)25-8-2-7-20-25/h1-8H,9-12H2. The fourth-order valence-corrected chi connectivity index (χ4v) is 2.93. The van der Waals surface area contributed by atoms with Crippen LogP contribution in [-0.2, 0) is 0 Å². The monoisotopic (exact) mass is 332 g/mol. The van der Waals surface area contributed by atoms with Crippen molar-refractivity contribution in [1.82, 2.24) is 25.0 Å². The molecule has 4 rings (SSSR count). The van der Waals surface area contributed by atoms with Crippen LogP contribution in [0.5, 0.6) is 0 Å². The highest BCUT2D eigenvalue weighted by atomic mass is 15.4. The van der Waals surface area contributed by atoms with Gasteiger partial charge in [-0.3, -0.25) is 0 Å². The first kappa shape index (κ1) is 15.1. The van der Waals surface area contributed by atoms with Crippen LogP contribution in [0.25, 0.3) is 5.82 Å². The molecule has 0 atom stereocenters. The lowest BCUT2D eigenvalue weighted by Gasteiger charge is -2.36. The zero-order chi connectivity index (χ0) is 17.1. The fourth-order valence-electron chi connectivity index (χ4n) is 2.93. The largest absolute Gasteiger partial charge is 0.366 e. The minimum Gasteiger partial charge on any atom is -0.366 e. The van der Waals surface area contributed by atoms with Crippen molar-refractivity contribution in [1.29, 1.82) is 5.26 Å². The average Bonchev–Trinajstić information content (AvgIpc) is 3.23. The first-order chi connectivity index (χ1) is 12.3. The van der Waals surface area contributed by atoms with E-state index < -0.39 is 0 Å². The van der Waals surface area contributed by atoms with E-state index in [0.29, 0.717) is 11.5 Å². The van der Waals surface area contributed by atoms with Crippen LogP contribution in [0.3, 0.4) is 0 Å². The molecule has 8 nitrogen and oxygen atoms in total. The first-order valence-corrected chi connectivity index (χ1v) is 8.04. The van der Waals surface area contributed by atoms with Gasteiger partial charge in [-0.1, -0.05) is 0 Å². The number of anilines is 2. The Balaban J connectivity index is 1.44. The molecule has 0 saturated carbocycles. The Bertz CT molecular complexity index is 874. The third-order valence-corrected chi connectivity index (χ3v) is 4.21. The van der Waals surface area contributed by atoms with Crippen LogP contribution in [0.4, 0.5) is 11.5 Å². The Kier molecular flexibility index (Phi) is 3.96. The van der Waals surface area contributed by atoms with Crippen LogP contribution >= 0.6 is 0 Å². The molecule has 0 bridgehead atoms. The van der Waals surface area contributed by atoms with Crippen LogP contribution in [0.2, 0.25) is 0 Å². The second-order valence-corrected chi connectivity index (χ2v) is 5.66. The van der Waals surface area contributed by atoms with Gasteiger partial charge in [0.2, 0.25) is 0 Å². The number of hydrogen-bond donors (Lipinski definition) is 0. The molecule has 3 aromatic heterocycles. The summed E-state index contributed by atoms with van der Waals surface area (Å²) in [4.78, 5) is 8.52. The van der Waals surface area contributed by atoms with Gasteiger partial charge in [0.25, 0.3) is 0 Å². The summed E-state index contributed by atoms with van der Waals surface area (Å²) in [6, 6.07) is 11.7. The number of piperazine rings is 1. The van der Waals surface area contributed by atoms with E-state index in [1.54, 1.807) is 17.1 Å². The maximum absolute atomic E-state index is 9.21. The Labute approximate surface area is 145 Å². The number of nitriles is 1. The molecule has 0 spiro atoms. The van der Waals surface area contributed by atoms with E-state index in [-0.39, 0.29) is 0 Å². The molecule has 1 fully saturated rings. The van der Waals surface area contributed by atoms with Crippen molar-refractivity contribution in [3.63, 3.8) is 0 Å². The highest BCUT2D eigenvalue weighted by Crippen LogP contribution is 2.21. The zero-order valence-electron chi connectivity index (χ0n) is 13.5. The van der Waals surface area contributed by atoms with Gasteiger partial charge < -0.3 is 9.80 Å². The third kappa shape index (κ3) is 2.99. The van der Waals surface area contributed by atoms with Gasteiger partial charge in [0.05, 0.1) is 5.69 Å². The third-order valence-electron chi connectivity index (χ3n) is 4.21. The summed E-state index contributed by atoms with van der Waals surface area (Å²) in [5.41, 5.74) is 1.36. The summed E-state index contributed by atoms with van der Waals surface area (Å²) in [5, 5.41) is 21.9. The van der Waals surface area contributed by atoms with Crippen molar-refractivity contribution in [2.24, 2.45) is 0 Å². The molecule has 0 N–H and O–H groups in total. The van der Waals surface area contributed by atoms with Crippen molar-refractivity contribution in [3.8, 4) is 11.9 Å². The van der Waals surface area contributed by atoms with E-state index >= 15 is 0 Å². The van der Waals surface area contributed by atoms with E-state index in [1.165, 1.54) is 0 Å². The number of rotatable bonds is 3. The summed E-state index contributed by atoms with van der Waals surface area (Å²) < 4.78 is 1.68. The van der Waals surface area contributed by atoms with Crippen molar-refractivity contribution >= 4 is 11.5 Å². The smallest absolute Gasteiger partial charge is 0.175 e. The van der Waals surface area contributed by atoms with E-state index in [0.717, 1.165) is 37.7 Å². The Hall–Kier alpha value is -3.47. The van der Waals surface area contributed by atoms with Gasteiger partial charge >= 0.3 is 0 Å². The average molecular weight is 332 g/mol. The minimum atomic E-state index is 0.472. The summed E-state index contributed by atoms with van der Waals surface area (Å²) in [5.74, 6) is 1.55. The Morgan fingerprint density at radius 3 is 2.32 bits per heavy atom. The first-order valence-electron chi connectivity index (χ1n) is 8.04. The van der Waals surface area contributed by atoms with Crippen LogP contribution in [0.15, 0.2) is 48.9 Å². The lowest BCUT2D eigenvalue weighted by atomic mass is 10.2. The Morgan fingerprint density at radius 1 is 0.880 bits per heavy atom. The van der Waals surface area contributed by atoms with Crippen LogP contribution < -0.4 is 9.80 Å². The molecule has 4 heterocycles. The predicted octanol–water partition coefficient (Wildman–Crippen LogP) is 1.26. The molecule has 124 valence electrons. The zero-order valence-corrected chi connectivity index (χ0v) is 13.5. The summed E-state index contributed by atoms with van der Waals surface area (Å²) in [6.07, 6.45) is 5.20. The maximum atomic E-state index is 9.21. The Morgan fingerprint density at radius 2 is 1.64 bits per heavy atom. The molecule has 25 heavy (non-hydrogen) atoms. The molecule has 0 unspecified atom stereocenters. The minimum absolute atomic E-state index is 0.472. The number of hydrogen-bond acceptors (Lipinski definition) is 7. The molecular weight excluding hydrogens is 316 g/mol. The van der Waals surface area contributed by atoms with Gasteiger partial charge in [-0.25, -0.2) is 9.67 Å². The molecule has 1 saturated heterocycles. The second-order valence-electron chi connectivity index (χ2n) is 5.66. The summed E-state index contributed by atoms with van der Waals surface area (Å²) in [7, 11) is 0. The predicted molar refractivity (Wildman–Crippen MR) is 92.5 cm³/mol. The van der Waals surface area contributed by atoms with Crippen LogP contribution in [-0.4, -0.2) is 51.1 Å². The lowest BCUT2D eigenvalue weighted by molar-refractivity contribution is 0.641. The van der Waals surface area contributed by atoms with Gasteiger partial charge in [-0.2, -0.15) is 10.4 Å². The molecule has 8 heteroatoms. The molecule has 0 aromatic carbocycles. The van der Waals surface area contributed by atoms with Crippen molar-refractivity contribution in [2.45, 2.75) is 0 Å². The van der Waals surface area contributed by atoms with Gasteiger partial charge in [0, 0.05) is 44.8 Å². The van der Waals surface area contributed by atoms with Gasteiger partial charge in [-0.05, 0) is 30.3 Å². The number of pyridine rings is 1. The van der Waals surface area contributed by atoms with Crippen molar-refractivity contribution in [2.75, 3.05) is 36.0 Å². The normalized spacial score (nSPS) is 14.4. The van der Waals surface area contributed by atoms with Gasteiger partial charge in [0.15, 0.2) is 17.3 Å². The maximum Gasteiger partial charge on any atom is 0.175 e. The molecule has 0 aliphatic carbocycles.